The maximum atomic E-state index is 6.05. The molecule has 1 N–H and O–H groups in total. The van der Waals surface area contributed by atoms with E-state index in [2.05, 4.69) is 47.5 Å². The van der Waals surface area contributed by atoms with Crippen LogP contribution in [-0.4, -0.2) is 12.6 Å². The zero-order chi connectivity index (χ0) is 13.9. The summed E-state index contributed by atoms with van der Waals surface area (Å²) in [4.78, 5) is 3.80. The highest BCUT2D eigenvalue weighted by atomic mass is 35.5. The van der Waals surface area contributed by atoms with Gasteiger partial charge < -0.3 is 10.2 Å². The minimum atomic E-state index is 0.540. The molecule has 4 heteroatoms. The quantitative estimate of drug-likeness (QED) is 0.910. The molecule has 2 nitrogen and oxygen atoms in total. The molecule has 1 aromatic carbocycles. The van der Waals surface area contributed by atoms with Gasteiger partial charge in [0.25, 0.3) is 0 Å². The molecule has 1 unspecified atom stereocenters. The molecular formula is C16H19ClN2S. The third kappa shape index (κ3) is 3.00. The van der Waals surface area contributed by atoms with Crippen molar-refractivity contribution in [2.24, 2.45) is 0 Å². The fourth-order valence-electron chi connectivity index (χ4n) is 2.70. The SMILES string of the molecule is CCC1CN(Cc2ccc(Cl)s2)c2ccccc2CN1. The second-order valence-corrected chi connectivity index (χ2v) is 7.00. The van der Waals surface area contributed by atoms with Crippen LogP contribution in [0, 0.1) is 0 Å². The average Bonchev–Trinajstić information content (AvgIpc) is 2.79. The van der Waals surface area contributed by atoms with E-state index in [9.17, 15) is 0 Å². The number of thiophene rings is 1. The third-order valence-electron chi connectivity index (χ3n) is 3.82. The van der Waals surface area contributed by atoms with Crippen molar-refractivity contribution < 1.29 is 0 Å². The van der Waals surface area contributed by atoms with Gasteiger partial charge in [0.15, 0.2) is 0 Å². The lowest BCUT2D eigenvalue weighted by Gasteiger charge is -2.26. The van der Waals surface area contributed by atoms with Crippen molar-refractivity contribution >= 4 is 28.6 Å². The van der Waals surface area contributed by atoms with Crippen LogP contribution in [0.2, 0.25) is 4.34 Å². The van der Waals surface area contributed by atoms with E-state index in [1.54, 1.807) is 11.3 Å². The molecule has 0 radical (unpaired) electrons. The highest BCUT2D eigenvalue weighted by Crippen LogP contribution is 2.28. The van der Waals surface area contributed by atoms with Crippen molar-refractivity contribution in [1.29, 1.82) is 0 Å². The van der Waals surface area contributed by atoms with Gasteiger partial charge in [0.1, 0.15) is 0 Å². The number of rotatable bonds is 3. The maximum absolute atomic E-state index is 6.05. The van der Waals surface area contributed by atoms with Gasteiger partial charge in [0.05, 0.1) is 10.9 Å². The zero-order valence-electron chi connectivity index (χ0n) is 11.6. The van der Waals surface area contributed by atoms with Crippen molar-refractivity contribution in [2.75, 3.05) is 11.4 Å². The molecule has 0 aliphatic carbocycles. The third-order valence-corrected chi connectivity index (χ3v) is 5.04. The minimum absolute atomic E-state index is 0.540. The van der Waals surface area contributed by atoms with Gasteiger partial charge in [-0.3, -0.25) is 0 Å². The lowest BCUT2D eigenvalue weighted by molar-refractivity contribution is 0.502. The van der Waals surface area contributed by atoms with Gasteiger partial charge in [-0.15, -0.1) is 11.3 Å². The van der Waals surface area contributed by atoms with E-state index >= 15 is 0 Å². The molecule has 1 atom stereocenters. The van der Waals surface area contributed by atoms with E-state index in [0.717, 1.165) is 30.4 Å². The molecule has 0 amide bonds. The smallest absolute Gasteiger partial charge is 0.0931 e. The van der Waals surface area contributed by atoms with Crippen molar-refractivity contribution in [2.45, 2.75) is 32.5 Å². The Labute approximate surface area is 129 Å². The van der Waals surface area contributed by atoms with Gasteiger partial charge >= 0.3 is 0 Å². The molecule has 0 spiro atoms. The van der Waals surface area contributed by atoms with Gasteiger partial charge in [-0.05, 0) is 30.2 Å². The van der Waals surface area contributed by atoms with Crippen LogP contribution in [-0.2, 0) is 13.1 Å². The number of halogens is 1. The molecule has 0 saturated heterocycles. The highest BCUT2D eigenvalue weighted by Gasteiger charge is 2.20. The second kappa shape index (κ2) is 6.17. The highest BCUT2D eigenvalue weighted by molar-refractivity contribution is 7.16. The predicted octanol–water partition coefficient (Wildman–Crippen LogP) is 4.29. The van der Waals surface area contributed by atoms with Gasteiger partial charge in [-0.2, -0.15) is 0 Å². The van der Waals surface area contributed by atoms with Crippen molar-refractivity contribution in [1.82, 2.24) is 5.32 Å². The summed E-state index contributed by atoms with van der Waals surface area (Å²) in [5.74, 6) is 0. The van der Waals surface area contributed by atoms with Crippen LogP contribution in [0.5, 0.6) is 0 Å². The molecule has 2 aromatic rings. The molecule has 2 heterocycles. The van der Waals surface area contributed by atoms with Crippen LogP contribution in [0.1, 0.15) is 23.8 Å². The van der Waals surface area contributed by atoms with Crippen LogP contribution in [0.4, 0.5) is 5.69 Å². The molecule has 3 rings (SSSR count). The molecule has 0 saturated carbocycles. The van der Waals surface area contributed by atoms with E-state index < -0.39 is 0 Å². The van der Waals surface area contributed by atoms with Crippen LogP contribution in [0.25, 0.3) is 0 Å². The molecule has 20 heavy (non-hydrogen) atoms. The summed E-state index contributed by atoms with van der Waals surface area (Å²) in [7, 11) is 0. The maximum Gasteiger partial charge on any atom is 0.0931 e. The zero-order valence-corrected chi connectivity index (χ0v) is 13.2. The number of fused-ring (bicyclic) bond motifs is 1. The monoisotopic (exact) mass is 306 g/mol. The summed E-state index contributed by atoms with van der Waals surface area (Å²) in [6, 6.07) is 13.3. The van der Waals surface area contributed by atoms with Crippen LogP contribution in [0.3, 0.4) is 0 Å². The van der Waals surface area contributed by atoms with Crippen LogP contribution >= 0.6 is 22.9 Å². The summed E-state index contributed by atoms with van der Waals surface area (Å²) in [5.41, 5.74) is 2.73. The number of benzene rings is 1. The molecule has 1 aliphatic rings. The Morgan fingerprint density at radius 1 is 1.30 bits per heavy atom. The van der Waals surface area contributed by atoms with Gasteiger partial charge in [0.2, 0.25) is 0 Å². The van der Waals surface area contributed by atoms with Gasteiger partial charge in [-0.25, -0.2) is 0 Å². The number of nitrogens with zero attached hydrogens (tertiary/aromatic N) is 1. The number of anilines is 1. The number of para-hydroxylation sites is 1. The first kappa shape index (κ1) is 13.9. The van der Waals surface area contributed by atoms with Crippen molar-refractivity contribution in [3.8, 4) is 0 Å². The standard InChI is InChI=1S/C16H19ClN2S/c1-2-13-10-19(11-14-7-8-16(17)20-14)15-6-4-3-5-12(15)9-18-13/h3-8,13,18H,2,9-11H2,1H3. The van der Waals surface area contributed by atoms with Gasteiger partial charge in [0, 0.05) is 29.7 Å². The number of hydrogen-bond donors (Lipinski definition) is 1. The summed E-state index contributed by atoms with van der Waals surface area (Å²) < 4.78 is 0.869. The van der Waals surface area contributed by atoms with E-state index in [0.29, 0.717) is 6.04 Å². The second-order valence-electron chi connectivity index (χ2n) is 5.20. The van der Waals surface area contributed by atoms with E-state index in [4.69, 9.17) is 11.6 Å². The van der Waals surface area contributed by atoms with Gasteiger partial charge in [-0.1, -0.05) is 36.7 Å². The largest absolute Gasteiger partial charge is 0.365 e. The lowest BCUT2D eigenvalue weighted by atomic mass is 10.1. The fraction of sp³-hybridized carbons (Fsp3) is 0.375. The van der Waals surface area contributed by atoms with E-state index in [1.807, 2.05) is 6.07 Å². The Morgan fingerprint density at radius 2 is 2.15 bits per heavy atom. The Morgan fingerprint density at radius 3 is 2.90 bits per heavy atom. The minimum Gasteiger partial charge on any atom is -0.365 e. The summed E-state index contributed by atoms with van der Waals surface area (Å²) in [6.07, 6.45) is 1.15. The topological polar surface area (TPSA) is 15.3 Å². The summed E-state index contributed by atoms with van der Waals surface area (Å²) in [6.45, 7) is 5.18. The Balaban J connectivity index is 1.89. The van der Waals surface area contributed by atoms with E-state index in [-0.39, 0.29) is 0 Å². The Kier molecular flexibility index (Phi) is 4.29. The first-order valence-electron chi connectivity index (χ1n) is 7.06. The molecule has 0 bridgehead atoms. The number of hydrogen-bond acceptors (Lipinski definition) is 3. The lowest BCUT2D eigenvalue weighted by Crippen LogP contribution is -2.37. The molecule has 1 aliphatic heterocycles. The van der Waals surface area contributed by atoms with Crippen LogP contribution in [0.15, 0.2) is 36.4 Å². The molecule has 106 valence electrons. The molecule has 1 aromatic heterocycles. The van der Waals surface area contributed by atoms with Crippen LogP contribution < -0.4 is 10.2 Å². The Bertz CT molecular complexity index is 581. The van der Waals surface area contributed by atoms with E-state index in [1.165, 1.54) is 16.1 Å². The first-order chi connectivity index (χ1) is 9.76. The molecule has 0 fully saturated rings. The predicted molar refractivity (Wildman–Crippen MR) is 87.7 cm³/mol. The summed E-state index contributed by atoms with van der Waals surface area (Å²) in [5, 5.41) is 3.64. The Hall–Kier alpha value is -1.03. The van der Waals surface area contributed by atoms with Crippen molar-refractivity contribution in [3.63, 3.8) is 0 Å². The average molecular weight is 307 g/mol. The summed E-state index contributed by atoms with van der Waals surface area (Å²) >= 11 is 7.73. The van der Waals surface area contributed by atoms with Crippen molar-refractivity contribution in [3.05, 3.63) is 51.2 Å². The molecular weight excluding hydrogens is 288 g/mol. The normalized spacial score (nSPS) is 18.7. The fourth-order valence-corrected chi connectivity index (χ4v) is 3.80. The number of nitrogens with one attached hydrogen (secondary N) is 1. The first-order valence-corrected chi connectivity index (χ1v) is 8.26.